The number of nitrogens with one attached hydrogen (secondary N) is 2. The molecular weight excluding hydrogens is 224 g/mol. The first-order chi connectivity index (χ1) is 8.13. The van der Waals surface area contributed by atoms with Crippen molar-refractivity contribution in [2.24, 2.45) is 5.92 Å². The second-order valence-electron chi connectivity index (χ2n) is 4.08. The van der Waals surface area contributed by atoms with Gasteiger partial charge in [-0.25, -0.2) is 0 Å². The molecule has 2 N–H and O–H groups in total. The topological polar surface area (TPSA) is 92.3 Å². The molecule has 6 nitrogen and oxygen atoms in total. The summed E-state index contributed by atoms with van der Waals surface area (Å²) in [4.78, 5) is 43.5. The average Bonchev–Trinajstić information content (AvgIpc) is 2.30. The zero-order chi connectivity index (χ0) is 12.7. The van der Waals surface area contributed by atoms with Gasteiger partial charge in [0, 0.05) is 32.4 Å². The molecule has 1 aliphatic rings. The standard InChI is InChI=1S/C11H16N2O4/c14-7-12-3-4-13-11(17)6-8-1-2-9(15)10(16)5-8/h7-8H,1-6H2,(H,12,14)(H,13,17). The van der Waals surface area contributed by atoms with E-state index < -0.39 is 0 Å². The number of carbonyl (C=O) groups excluding carboxylic acids is 4. The van der Waals surface area contributed by atoms with Gasteiger partial charge in [-0.05, 0) is 12.3 Å². The van der Waals surface area contributed by atoms with Crippen LogP contribution in [0, 0.1) is 5.92 Å². The summed E-state index contributed by atoms with van der Waals surface area (Å²) in [6, 6.07) is 0. The van der Waals surface area contributed by atoms with Gasteiger partial charge in [0.2, 0.25) is 12.3 Å². The van der Waals surface area contributed by atoms with Crippen molar-refractivity contribution in [2.45, 2.75) is 25.7 Å². The quantitative estimate of drug-likeness (QED) is 0.360. The van der Waals surface area contributed by atoms with Crippen LogP contribution in [0.3, 0.4) is 0 Å². The van der Waals surface area contributed by atoms with Gasteiger partial charge in [0.15, 0.2) is 11.6 Å². The first-order valence-corrected chi connectivity index (χ1v) is 5.63. The summed E-state index contributed by atoms with van der Waals surface area (Å²) in [6.07, 6.45) is 1.87. The second-order valence-corrected chi connectivity index (χ2v) is 4.08. The zero-order valence-electron chi connectivity index (χ0n) is 9.53. The lowest BCUT2D eigenvalue weighted by atomic mass is 9.85. The van der Waals surface area contributed by atoms with Crippen LogP contribution in [0.1, 0.15) is 25.7 Å². The molecule has 1 unspecified atom stereocenters. The van der Waals surface area contributed by atoms with Crippen LogP contribution in [0.2, 0.25) is 0 Å². The first-order valence-electron chi connectivity index (χ1n) is 5.63. The van der Waals surface area contributed by atoms with E-state index in [9.17, 15) is 19.2 Å². The molecule has 0 aliphatic heterocycles. The molecular formula is C11H16N2O4. The Morgan fingerprint density at radius 1 is 1.29 bits per heavy atom. The maximum Gasteiger partial charge on any atom is 0.220 e. The van der Waals surface area contributed by atoms with Crippen LogP contribution < -0.4 is 10.6 Å². The van der Waals surface area contributed by atoms with Crippen molar-refractivity contribution in [2.75, 3.05) is 13.1 Å². The normalized spacial score (nSPS) is 19.9. The van der Waals surface area contributed by atoms with Gasteiger partial charge in [-0.3, -0.25) is 19.2 Å². The molecule has 1 aliphatic carbocycles. The average molecular weight is 240 g/mol. The maximum absolute atomic E-state index is 11.4. The number of carbonyl (C=O) groups is 4. The molecule has 1 fully saturated rings. The molecule has 1 rings (SSSR count). The lowest BCUT2D eigenvalue weighted by Crippen LogP contribution is -2.34. The molecule has 0 aromatic carbocycles. The highest BCUT2D eigenvalue weighted by Crippen LogP contribution is 2.22. The third kappa shape index (κ3) is 4.76. The van der Waals surface area contributed by atoms with Crippen LogP contribution in [0.25, 0.3) is 0 Å². The van der Waals surface area contributed by atoms with Crippen molar-refractivity contribution < 1.29 is 19.2 Å². The third-order valence-electron chi connectivity index (χ3n) is 2.71. The van der Waals surface area contributed by atoms with Crippen LogP contribution in [0.15, 0.2) is 0 Å². The van der Waals surface area contributed by atoms with E-state index >= 15 is 0 Å². The Bertz CT molecular complexity index is 327. The Morgan fingerprint density at radius 3 is 2.71 bits per heavy atom. The largest absolute Gasteiger partial charge is 0.357 e. The van der Waals surface area contributed by atoms with Crippen LogP contribution in [-0.2, 0) is 19.2 Å². The maximum atomic E-state index is 11.4. The van der Waals surface area contributed by atoms with Gasteiger partial charge in [0.25, 0.3) is 0 Å². The Labute approximate surface area is 99.1 Å². The molecule has 0 aromatic rings. The van der Waals surface area contributed by atoms with E-state index in [2.05, 4.69) is 10.6 Å². The summed E-state index contributed by atoms with van der Waals surface area (Å²) in [5.41, 5.74) is 0. The predicted molar refractivity (Wildman–Crippen MR) is 59.0 cm³/mol. The molecule has 2 amide bonds. The number of hydrogen-bond acceptors (Lipinski definition) is 4. The van der Waals surface area contributed by atoms with Crippen molar-refractivity contribution in [1.29, 1.82) is 0 Å². The number of Topliss-reactive ketones (excluding diaryl/α,β-unsaturated/α-hetero) is 2. The van der Waals surface area contributed by atoms with Gasteiger partial charge in [0.1, 0.15) is 0 Å². The van der Waals surface area contributed by atoms with Crippen LogP contribution >= 0.6 is 0 Å². The van der Waals surface area contributed by atoms with Crippen LogP contribution in [-0.4, -0.2) is 37.0 Å². The van der Waals surface area contributed by atoms with Gasteiger partial charge in [0.05, 0.1) is 0 Å². The fourth-order valence-corrected chi connectivity index (χ4v) is 1.79. The highest BCUT2D eigenvalue weighted by molar-refractivity contribution is 6.37. The van der Waals surface area contributed by atoms with Crippen LogP contribution in [0.4, 0.5) is 0 Å². The lowest BCUT2D eigenvalue weighted by molar-refractivity contribution is -0.139. The van der Waals surface area contributed by atoms with E-state index in [0.29, 0.717) is 25.9 Å². The molecule has 17 heavy (non-hydrogen) atoms. The minimum absolute atomic E-state index is 0.0285. The number of hydrogen-bond donors (Lipinski definition) is 2. The Hall–Kier alpha value is -1.72. The molecule has 1 saturated carbocycles. The zero-order valence-corrected chi connectivity index (χ0v) is 9.53. The molecule has 94 valence electrons. The Balaban J connectivity index is 2.20. The summed E-state index contributed by atoms with van der Waals surface area (Å²) in [5.74, 6) is -0.863. The lowest BCUT2D eigenvalue weighted by Gasteiger charge is -2.19. The fraction of sp³-hybridized carbons (Fsp3) is 0.636. The van der Waals surface area contributed by atoms with Crippen molar-refractivity contribution in [1.82, 2.24) is 10.6 Å². The molecule has 0 spiro atoms. The van der Waals surface area contributed by atoms with Crippen molar-refractivity contribution >= 4 is 23.9 Å². The highest BCUT2D eigenvalue weighted by atomic mass is 16.2. The number of ketones is 2. The van der Waals surface area contributed by atoms with E-state index in [1.165, 1.54) is 0 Å². The fourth-order valence-electron chi connectivity index (χ4n) is 1.79. The van der Waals surface area contributed by atoms with Crippen molar-refractivity contribution in [3.05, 3.63) is 0 Å². The SMILES string of the molecule is O=CNCCNC(=O)CC1CCC(=O)C(=O)C1. The molecule has 0 radical (unpaired) electrons. The Kier molecular flexibility index (Phi) is 5.32. The smallest absolute Gasteiger partial charge is 0.220 e. The van der Waals surface area contributed by atoms with Gasteiger partial charge in [-0.1, -0.05) is 0 Å². The molecule has 0 saturated heterocycles. The van der Waals surface area contributed by atoms with E-state index in [4.69, 9.17) is 0 Å². The molecule has 6 heteroatoms. The molecule has 0 heterocycles. The summed E-state index contributed by atoms with van der Waals surface area (Å²) >= 11 is 0. The third-order valence-corrected chi connectivity index (χ3v) is 2.71. The minimum Gasteiger partial charge on any atom is -0.357 e. The highest BCUT2D eigenvalue weighted by Gasteiger charge is 2.27. The van der Waals surface area contributed by atoms with E-state index in [1.54, 1.807) is 0 Å². The van der Waals surface area contributed by atoms with Crippen LogP contribution in [0.5, 0.6) is 0 Å². The summed E-state index contributed by atoms with van der Waals surface area (Å²) in [5, 5.41) is 5.06. The first kappa shape index (κ1) is 13.3. The van der Waals surface area contributed by atoms with E-state index in [0.717, 1.165) is 0 Å². The number of rotatable bonds is 6. The second kappa shape index (κ2) is 6.78. The van der Waals surface area contributed by atoms with E-state index in [1.807, 2.05) is 0 Å². The Morgan fingerprint density at radius 2 is 2.06 bits per heavy atom. The van der Waals surface area contributed by atoms with Crippen molar-refractivity contribution in [3.63, 3.8) is 0 Å². The monoisotopic (exact) mass is 240 g/mol. The van der Waals surface area contributed by atoms with Gasteiger partial charge in [-0.2, -0.15) is 0 Å². The summed E-state index contributed by atoms with van der Waals surface area (Å²) in [6.45, 7) is 0.758. The van der Waals surface area contributed by atoms with Crippen molar-refractivity contribution in [3.8, 4) is 0 Å². The molecule has 0 bridgehead atoms. The molecule has 0 aromatic heterocycles. The predicted octanol–water partition coefficient (Wildman–Crippen LogP) is -0.823. The van der Waals surface area contributed by atoms with E-state index in [-0.39, 0.29) is 42.7 Å². The summed E-state index contributed by atoms with van der Waals surface area (Å²) < 4.78 is 0. The minimum atomic E-state index is -0.364. The molecule has 1 atom stereocenters. The van der Waals surface area contributed by atoms with Gasteiger partial charge in [-0.15, -0.1) is 0 Å². The summed E-state index contributed by atoms with van der Waals surface area (Å²) in [7, 11) is 0. The van der Waals surface area contributed by atoms with Gasteiger partial charge < -0.3 is 10.6 Å². The number of amides is 2. The van der Waals surface area contributed by atoms with Gasteiger partial charge >= 0.3 is 0 Å².